The summed E-state index contributed by atoms with van der Waals surface area (Å²) < 4.78 is 20.1. The Balaban J connectivity index is 1.71. The molecule has 0 spiro atoms. The highest BCUT2D eigenvalue weighted by Gasteiger charge is 2.63. The number of aromatic hydroxyl groups is 1. The monoisotopic (exact) mass is 628 g/mol. The topological polar surface area (TPSA) is 161 Å². The normalized spacial score (nSPS) is 28.0. The predicted octanol–water partition coefficient (Wildman–Crippen LogP) is 4.37. The van der Waals surface area contributed by atoms with Crippen LogP contribution in [0, 0.1) is 17.8 Å². The van der Waals surface area contributed by atoms with Gasteiger partial charge in [0.25, 0.3) is 0 Å². The van der Waals surface area contributed by atoms with Crippen LogP contribution in [-0.2, 0) is 14.3 Å². The summed E-state index contributed by atoms with van der Waals surface area (Å²) >= 11 is 0. The third-order valence-corrected chi connectivity index (χ3v) is 9.34. The Hall–Kier alpha value is -3.03. The van der Waals surface area contributed by atoms with Crippen molar-refractivity contribution >= 4 is 5.71 Å². The lowest BCUT2D eigenvalue weighted by molar-refractivity contribution is -0.227. The quantitative estimate of drug-likeness (QED) is 0.119. The SMILES string of the molecule is CCON=C1CC(n2nncc2C(OCC)OCC)C2(O)Oc3ccc(O)cc3C3C(CCCCO)C(CCCCO)C=C1C32. The largest absolute Gasteiger partial charge is 0.508 e. The fourth-order valence-corrected chi connectivity index (χ4v) is 7.54. The fourth-order valence-electron chi connectivity index (χ4n) is 7.54. The lowest BCUT2D eigenvalue weighted by Crippen LogP contribution is -2.62. The van der Waals surface area contributed by atoms with E-state index in [1.165, 1.54) is 0 Å². The number of rotatable bonds is 16. The van der Waals surface area contributed by atoms with Crippen molar-refractivity contribution in [2.75, 3.05) is 33.0 Å². The van der Waals surface area contributed by atoms with Crippen LogP contribution in [0.1, 0.15) is 95.2 Å². The van der Waals surface area contributed by atoms with Crippen molar-refractivity contribution in [2.45, 2.75) is 89.8 Å². The van der Waals surface area contributed by atoms with Crippen LogP contribution in [-0.4, -0.2) is 80.0 Å². The number of hydrogen-bond acceptors (Lipinski definition) is 11. The summed E-state index contributed by atoms with van der Waals surface area (Å²) in [5.41, 5.74) is 2.93. The molecule has 6 atom stereocenters. The molecular weight excluding hydrogens is 580 g/mol. The second kappa shape index (κ2) is 15.0. The van der Waals surface area contributed by atoms with E-state index in [9.17, 15) is 20.4 Å². The highest BCUT2D eigenvalue weighted by atomic mass is 16.7. The molecule has 1 saturated carbocycles. The molecule has 2 heterocycles. The zero-order valence-corrected chi connectivity index (χ0v) is 26.5. The molecule has 5 rings (SSSR count). The van der Waals surface area contributed by atoms with E-state index in [2.05, 4.69) is 21.5 Å². The van der Waals surface area contributed by atoms with Gasteiger partial charge in [0.1, 0.15) is 29.8 Å². The number of unbranched alkanes of at least 4 members (excludes halogenated alkanes) is 2. The first-order valence-corrected chi connectivity index (χ1v) is 16.4. The molecular formula is C33H48N4O8. The molecule has 1 aromatic heterocycles. The first kappa shape index (κ1) is 33.3. The fraction of sp³-hybridized carbons (Fsp3) is 0.667. The number of hydrogen-bond donors (Lipinski definition) is 4. The van der Waals surface area contributed by atoms with Gasteiger partial charge in [-0.3, -0.25) is 0 Å². The number of aliphatic hydroxyl groups is 3. The summed E-state index contributed by atoms with van der Waals surface area (Å²) in [6.45, 7) is 7.05. The summed E-state index contributed by atoms with van der Waals surface area (Å²) in [7, 11) is 0. The molecule has 45 heavy (non-hydrogen) atoms. The molecule has 0 radical (unpaired) electrons. The van der Waals surface area contributed by atoms with E-state index in [0.717, 1.165) is 36.8 Å². The summed E-state index contributed by atoms with van der Waals surface area (Å²) in [6, 6.07) is 4.27. The zero-order valence-electron chi connectivity index (χ0n) is 26.5. The molecule has 2 aliphatic carbocycles. The van der Waals surface area contributed by atoms with Gasteiger partial charge in [-0.05, 0) is 82.1 Å². The molecule has 248 valence electrons. The number of aromatic nitrogens is 3. The lowest BCUT2D eigenvalue weighted by atomic mass is 9.55. The highest BCUT2D eigenvalue weighted by molar-refractivity contribution is 6.02. The van der Waals surface area contributed by atoms with Crippen molar-refractivity contribution in [3.8, 4) is 11.5 Å². The number of ether oxygens (including phenoxy) is 3. The van der Waals surface area contributed by atoms with Gasteiger partial charge in [0.15, 0.2) is 0 Å². The molecule has 1 aromatic carbocycles. The van der Waals surface area contributed by atoms with Crippen LogP contribution in [0.25, 0.3) is 0 Å². The lowest BCUT2D eigenvalue weighted by Gasteiger charge is -2.56. The van der Waals surface area contributed by atoms with E-state index >= 15 is 0 Å². The Morgan fingerprint density at radius 3 is 2.47 bits per heavy atom. The van der Waals surface area contributed by atoms with Crippen LogP contribution >= 0.6 is 0 Å². The average Bonchev–Trinajstić information content (AvgIpc) is 3.51. The van der Waals surface area contributed by atoms with Gasteiger partial charge < -0.3 is 39.5 Å². The van der Waals surface area contributed by atoms with Crippen molar-refractivity contribution in [2.24, 2.45) is 22.9 Å². The van der Waals surface area contributed by atoms with Crippen LogP contribution in [0.4, 0.5) is 0 Å². The third kappa shape index (κ3) is 6.62. The first-order valence-electron chi connectivity index (χ1n) is 16.4. The molecule has 1 fully saturated rings. The van der Waals surface area contributed by atoms with Gasteiger partial charge >= 0.3 is 0 Å². The number of nitrogens with zero attached hydrogens (tertiary/aromatic N) is 4. The van der Waals surface area contributed by atoms with E-state index in [-0.39, 0.29) is 43.1 Å². The summed E-state index contributed by atoms with van der Waals surface area (Å²) in [4.78, 5) is 5.66. The number of fused-ring (bicyclic) bond motifs is 2. The van der Waals surface area contributed by atoms with Crippen molar-refractivity contribution in [1.82, 2.24) is 15.0 Å². The number of benzene rings is 1. The third-order valence-electron chi connectivity index (χ3n) is 9.34. The van der Waals surface area contributed by atoms with Crippen molar-refractivity contribution in [3.05, 3.63) is 47.3 Å². The molecule has 0 amide bonds. The Bertz CT molecular complexity index is 1330. The smallest absolute Gasteiger partial charge is 0.238 e. The van der Waals surface area contributed by atoms with Gasteiger partial charge in [-0.2, -0.15) is 0 Å². The molecule has 12 heteroatoms. The average molecular weight is 629 g/mol. The van der Waals surface area contributed by atoms with Gasteiger partial charge in [0, 0.05) is 44.3 Å². The standard InChI is InChI=1S/C33H48N4O8/c1-4-42-32(43-5-2)27-20-34-36-37(27)29-19-26(35-44-6-3)24-17-21(11-7-9-15-38)23(12-8-10-16-39)30-25-18-22(40)13-14-28(25)45-33(29,41)31(24)30/h13-14,17-18,20-21,23,29-32,38-41H,4-12,15-16,19H2,1-3H3. The summed E-state index contributed by atoms with van der Waals surface area (Å²) in [6.07, 6.45) is 7.96. The minimum atomic E-state index is -1.78. The molecule has 3 aliphatic rings. The van der Waals surface area contributed by atoms with E-state index in [1.807, 2.05) is 20.8 Å². The van der Waals surface area contributed by atoms with Gasteiger partial charge in [-0.25, -0.2) is 4.68 Å². The van der Waals surface area contributed by atoms with Gasteiger partial charge in [0.05, 0.1) is 17.8 Å². The first-order chi connectivity index (χ1) is 21.9. The maximum absolute atomic E-state index is 13.0. The Labute approximate surface area is 264 Å². The Morgan fingerprint density at radius 2 is 1.78 bits per heavy atom. The van der Waals surface area contributed by atoms with E-state index in [0.29, 0.717) is 49.8 Å². The molecule has 6 unspecified atom stereocenters. The zero-order chi connectivity index (χ0) is 32.0. The van der Waals surface area contributed by atoms with Crippen molar-refractivity contribution in [1.29, 1.82) is 0 Å². The predicted molar refractivity (Wildman–Crippen MR) is 166 cm³/mol. The van der Waals surface area contributed by atoms with Gasteiger partial charge in [0.2, 0.25) is 12.1 Å². The molecule has 0 bridgehead atoms. The van der Waals surface area contributed by atoms with Gasteiger partial charge in [-0.15, -0.1) is 5.10 Å². The van der Waals surface area contributed by atoms with Crippen LogP contribution in [0.15, 0.2) is 41.2 Å². The highest BCUT2D eigenvalue weighted by Crippen LogP contribution is 2.62. The van der Waals surface area contributed by atoms with Gasteiger partial charge in [-0.1, -0.05) is 29.3 Å². The van der Waals surface area contributed by atoms with Crippen LogP contribution in [0.2, 0.25) is 0 Å². The van der Waals surface area contributed by atoms with Crippen LogP contribution in [0.5, 0.6) is 11.5 Å². The molecule has 4 N–H and O–H groups in total. The van der Waals surface area contributed by atoms with Crippen molar-refractivity contribution in [3.63, 3.8) is 0 Å². The minimum absolute atomic E-state index is 0.0573. The second-order valence-corrected chi connectivity index (χ2v) is 12.0. The molecule has 2 aromatic rings. The number of aliphatic hydroxyl groups excluding tert-OH is 2. The number of phenolic OH excluding ortho intramolecular Hbond substituents is 1. The number of phenols is 1. The number of oxime groups is 1. The maximum Gasteiger partial charge on any atom is 0.238 e. The van der Waals surface area contributed by atoms with Crippen LogP contribution < -0.4 is 4.74 Å². The van der Waals surface area contributed by atoms with E-state index < -0.39 is 24.0 Å². The minimum Gasteiger partial charge on any atom is -0.508 e. The molecule has 12 nitrogen and oxygen atoms in total. The molecule has 1 aliphatic heterocycles. The number of allylic oxidation sites excluding steroid dienone is 1. The van der Waals surface area contributed by atoms with E-state index in [1.54, 1.807) is 29.1 Å². The summed E-state index contributed by atoms with van der Waals surface area (Å²) in [5, 5.41) is 56.1. The van der Waals surface area contributed by atoms with Crippen LogP contribution in [0.3, 0.4) is 0 Å². The summed E-state index contributed by atoms with van der Waals surface area (Å²) in [5.74, 6) is -1.82. The Kier molecular flexibility index (Phi) is 11.1. The maximum atomic E-state index is 13.0. The van der Waals surface area contributed by atoms with E-state index in [4.69, 9.17) is 19.0 Å². The molecule has 0 saturated heterocycles. The van der Waals surface area contributed by atoms with Crippen molar-refractivity contribution < 1.29 is 39.5 Å². The Morgan fingerprint density at radius 1 is 1.04 bits per heavy atom. The second-order valence-electron chi connectivity index (χ2n) is 12.0.